The number of carbonyl (C=O) groups is 6. The molecule has 6 rings (SSSR count). The molecule has 2 saturated heterocycles. The third kappa shape index (κ3) is 12.1. The normalized spacial score (nSPS) is 24.3. The number of nitrogens with zero attached hydrogens (tertiary/aromatic N) is 2. The van der Waals surface area contributed by atoms with Gasteiger partial charge < -0.3 is 53.7 Å². The molecule has 3 aromatic rings. The van der Waals surface area contributed by atoms with Crippen molar-refractivity contribution >= 4 is 52.3 Å². The van der Waals surface area contributed by atoms with E-state index in [9.17, 15) is 28.8 Å². The molecule has 3 unspecified atom stereocenters. The molecule has 2 aliphatic heterocycles. The molecule has 3 fully saturated rings. The number of para-hydroxylation sites is 1. The molecule has 0 spiro atoms. The fraction of sp³-hybridized carbons (Fsp3) is 0.523. The molecule has 328 valence electrons. The first-order chi connectivity index (χ1) is 29.5. The van der Waals surface area contributed by atoms with Gasteiger partial charge in [0.1, 0.15) is 36.3 Å². The van der Waals surface area contributed by atoms with Gasteiger partial charge in [-0.25, -0.2) is 0 Å². The van der Waals surface area contributed by atoms with Gasteiger partial charge in [-0.1, -0.05) is 80.6 Å². The zero-order valence-corrected chi connectivity index (χ0v) is 34.7. The minimum absolute atomic E-state index is 0.0972. The smallest absolute Gasteiger partial charge is 0.245 e. The van der Waals surface area contributed by atoms with Gasteiger partial charge in [0.05, 0.1) is 0 Å². The van der Waals surface area contributed by atoms with Gasteiger partial charge in [-0.2, -0.15) is 0 Å². The second-order valence-electron chi connectivity index (χ2n) is 16.5. The molecule has 0 radical (unpaired) electrons. The molecule has 1 aliphatic carbocycles. The lowest BCUT2D eigenvalue weighted by Crippen LogP contribution is -2.60. The summed E-state index contributed by atoms with van der Waals surface area (Å²) in [6.45, 7) is 0.594. The molecular weight excluding hydrogens is 779 g/mol. The van der Waals surface area contributed by atoms with Crippen molar-refractivity contribution in [2.24, 2.45) is 28.1 Å². The van der Waals surface area contributed by atoms with Gasteiger partial charge in [-0.05, 0) is 68.1 Å². The van der Waals surface area contributed by atoms with Crippen LogP contribution in [0.5, 0.6) is 0 Å². The van der Waals surface area contributed by atoms with Crippen molar-refractivity contribution in [3.8, 4) is 0 Å². The number of fused-ring (bicyclic) bond motifs is 2. The van der Waals surface area contributed by atoms with Gasteiger partial charge in [0.25, 0.3) is 0 Å². The molecule has 61 heavy (non-hydrogen) atoms. The summed E-state index contributed by atoms with van der Waals surface area (Å²) in [5, 5.41) is 15.5. The average molecular weight is 840 g/mol. The van der Waals surface area contributed by atoms with Crippen molar-refractivity contribution < 1.29 is 28.8 Å². The first-order valence-corrected chi connectivity index (χ1v) is 21.7. The highest BCUT2D eigenvalue weighted by atomic mass is 16.2. The molecule has 1 saturated carbocycles. The number of carbonyl (C=O) groups excluding carboxylic acids is 6. The van der Waals surface area contributed by atoms with E-state index in [0.717, 1.165) is 48.6 Å². The van der Waals surface area contributed by atoms with E-state index in [1.165, 1.54) is 4.90 Å². The van der Waals surface area contributed by atoms with E-state index in [-0.39, 0.29) is 57.2 Å². The topological polar surface area (TPSA) is 272 Å². The number of aromatic amines is 1. The van der Waals surface area contributed by atoms with Crippen molar-refractivity contribution in [2.75, 3.05) is 19.6 Å². The Labute approximate surface area is 356 Å². The highest BCUT2D eigenvalue weighted by Gasteiger charge is 2.40. The van der Waals surface area contributed by atoms with Gasteiger partial charge in [0.15, 0.2) is 5.96 Å². The van der Waals surface area contributed by atoms with Gasteiger partial charge in [0, 0.05) is 43.2 Å². The fourth-order valence-corrected chi connectivity index (χ4v) is 8.78. The number of aliphatic imine (C=N–C) groups is 1. The molecule has 3 aliphatic rings. The maximum absolute atomic E-state index is 14.5. The van der Waals surface area contributed by atoms with Crippen LogP contribution in [0.1, 0.15) is 94.2 Å². The van der Waals surface area contributed by atoms with Crippen LogP contribution in [0, 0.1) is 5.92 Å². The predicted octanol–water partition coefficient (Wildman–Crippen LogP) is 1.27. The van der Waals surface area contributed by atoms with Gasteiger partial charge >= 0.3 is 0 Å². The number of benzene rings is 2. The lowest BCUT2D eigenvalue weighted by molar-refractivity contribution is -0.142. The Kier molecular flexibility index (Phi) is 15.7. The summed E-state index contributed by atoms with van der Waals surface area (Å²) in [6.07, 6.45) is 9.00. The van der Waals surface area contributed by atoms with Gasteiger partial charge in [0.2, 0.25) is 35.4 Å². The highest BCUT2D eigenvalue weighted by Crippen LogP contribution is 2.28. The number of rotatable bonds is 11. The summed E-state index contributed by atoms with van der Waals surface area (Å²) < 4.78 is 0. The van der Waals surface area contributed by atoms with Crippen LogP contribution in [0.15, 0.2) is 65.8 Å². The third-order valence-electron chi connectivity index (χ3n) is 12.1. The minimum Gasteiger partial charge on any atom is -0.370 e. The Balaban J connectivity index is 1.31. The van der Waals surface area contributed by atoms with Crippen LogP contribution < -0.4 is 43.8 Å². The molecule has 2 aromatic carbocycles. The van der Waals surface area contributed by atoms with Crippen LogP contribution >= 0.6 is 0 Å². The monoisotopic (exact) mass is 839 g/mol. The van der Waals surface area contributed by atoms with E-state index in [0.29, 0.717) is 31.2 Å². The Bertz CT molecular complexity index is 2030. The Morgan fingerprint density at radius 1 is 0.787 bits per heavy atom. The SMILES string of the molecule is NC(N)=NCCCC1NC(=O)C(Cc2c[nH]c3ccccc23)NC(=O)[C@@H](CC2CCCCC2)NC(=O)C2CCCN2C(=O)[C@@H](NC(=O)[C@@H](N)c2ccccc2)CCCNC1=O. The molecule has 6 atom stereocenters. The number of nitrogens with one attached hydrogen (secondary N) is 6. The summed E-state index contributed by atoms with van der Waals surface area (Å²) in [6, 6.07) is 10.2. The van der Waals surface area contributed by atoms with Crippen molar-refractivity contribution in [3.05, 3.63) is 71.9 Å². The predicted molar refractivity (Wildman–Crippen MR) is 231 cm³/mol. The number of aromatic nitrogens is 1. The molecule has 6 amide bonds. The summed E-state index contributed by atoms with van der Waals surface area (Å²) >= 11 is 0. The first kappa shape index (κ1) is 44.6. The van der Waals surface area contributed by atoms with E-state index >= 15 is 0 Å². The van der Waals surface area contributed by atoms with E-state index in [1.54, 1.807) is 30.5 Å². The molecule has 1 aromatic heterocycles. The second kappa shape index (κ2) is 21.5. The lowest BCUT2D eigenvalue weighted by Gasteiger charge is -2.32. The number of H-pyrrole nitrogens is 1. The van der Waals surface area contributed by atoms with Crippen LogP contribution in [0.2, 0.25) is 0 Å². The number of guanidine groups is 1. The van der Waals surface area contributed by atoms with Crippen LogP contribution in [-0.4, -0.2) is 101 Å². The van der Waals surface area contributed by atoms with Crippen LogP contribution in [0.3, 0.4) is 0 Å². The molecule has 17 nitrogen and oxygen atoms in total. The van der Waals surface area contributed by atoms with E-state index in [1.807, 2.05) is 30.3 Å². The average Bonchev–Trinajstić information content (AvgIpc) is 3.93. The van der Waals surface area contributed by atoms with Crippen LogP contribution in [0.4, 0.5) is 0 Å². The minimum atomic E-state index is -1.12. The number of hydrogen-bond acceptors (Lipinski definition) is 8. The number of nitrogens with two attached hydrogens (primary N) is 3. The Morgan fingerprint density at radius 2 is 1.49 bits per heavy atom. The van der Waals surface area contributed by atoms with Crippen molar-refractivity contribution in [2.45, 2.75) is 120 Å². The third-order valence-corrected chi connectivity index (χ3v) is 12.1. The van der Waals surface area contributed by atoms with Crippen molar-refractivity contribution in [3.63, 3.8) is 0 Å². The molecular formula is C44H61N11O6. The lowest BCUT2D eigenvalue weighted by atomic mass is 9.84. The molecule has 17 heteroatoms. The first-order valence-electron chi connectivity index (χ1n) is 21.7. The Hall–Kier alpha value is -5.97. The summed E-state index contributed by atoms with van der Waals surface area (Å²) in [4.78, 5) is 93.8. The van der Waals surface area contributed by atoms with Crippen molar-refractivity contribution in [1.82, 2.24) is 36.5 Å². The maximum atomic E-state index is 14.5. The standard InChI is InChI=1S/C44H61N11O6/c45-37(28-14-5-2-6-15-28)42(60)52-33-19-10-21-48-38(56)32(18-9-22-49-44(46)47)51-40(58)35(25-29-26-50-31-17-8-7-16-30(29)31)53-39(57)34(24-27-12-3-1-4-13-27)54-41(59)36-20-11-23-55(36)43(33)61/h2,5-8,14-17,26-27,32-37,50H,1,3-4,9-13,18-25,45H2,(H,48,56)(H,51,58)(H,52,60)(H,53,57)(H,54,59)(H4,46,47,49)/t32?,33-,34+,35?,36?,37-/m0/s1. The number of amides is 6. The zero-order valence-electron chi connectivity index (χ0n) is 34.7. The van der Waals surface area contributed by atoms with Crippen LogP contribution in [-0.2, 0) is 35.2 Å². The summed E-state index contributed by atoms with van der Waals surface area (Å²) in [5.41, 5.74) is 19.6. The molecule has 0 bridgehead atoms. The van der Waals surface area contributed by atoms with E-state index in [4.69, 9.17) is 17.2 Å². The molecule has 12 N–H and O–H groups in total. The van der Waals surface area contributed by atoms with Gasteiger partial charge in [-0.15, -0.1) is 0 Å². The van der Waals surface area contributed by atoms with E-state index < -0.39 is 71.7 Å². The molecule has 3 heterocycles. The largest absolute Gasteiger partial charge is 0.370 e. The second-order valence-corrected chi connectivity index (χ2v) is 16.5. The Morgan fingerprint density at radius 3 is 2.26 bits per heavy atom. The van der Waals surface area contributed by atoms with E-state index in [2.05, 4.69) is 36.6 Å². The highest BCUT2D eigenvalue weighted by molar-refractivity contribution is 5.97. The number of hydrogen-bond donors (Lipinski definition) is 9. The summed E-state index contributed by atoms with van der Waals surface area (Å²) in [5.74, 6) is -3.01. The maximum Gasteiger partial charge on any atom is 0.245 e. The van der Waals surface area contributed by atoms with Crippen LogP contribution in [0.25, 0.3) is 10.9 Å². The quantitative estimate of drug-likeness (QED) is 0.0764. The fourth-order valence-electron chi connectivity index (χ4n) is 8.78. The zero-order chi connectivity index (χ0) is 43.3. The van der Waals surface area contributed by atoms with Crippen molar-refractivity contribution in [1.29, 1.82) is 0 Å². The van der Waals surface area contributed by atoms with Gasteiger partial charge in [-0.3, -0.25) is 33.8 Å². The summed E-state index contributed by atoms with van der Waals surface area (Å²) in [7, 11) is 0.